The predicted molar refractivity (Wildman–Crippen MR) is 125 cm³/mol. The first kappa shape index (κ1) is 24.4. The van der Waals surface area contributed by atoms with Crippen molar-refractivity contribution in [2.45, 2.75) is 19.3 Å². The molecule has 8 nitrogen and oxygen atoms in total. The van der Waals surface area contributed by atoms with E-state index in [0.717, 1.165) is 12.8 Å². The summed E-state index contributed by atoms with van der Waals surface area (Å²) in [7, 11) is 1.42. The Morgan fingerprint density at radius 1 is 1.03 bits per heavy atom. The smallest absolute Gasteiger partial charge is 0.255 e. The van der Waals surface area contributed by atoms with Crippen LogP contribution in [0.1, 0.15) is 28.8 Å². The fourth-order valence-corrected chi connectivity index (χ4v) is 3.98. The average Bonchev–Trinajstić information content (AvgIpc) is 2.83. The van der Waals surface area contributed by atoms with Crippen LogP contribution in [0.3, 0.4) is 0 Å². The van der Waals surface area contributed by atoms with E-state index >= 15 is 0 Å². The van der Waals surface area contributed by atoms with Crippen molar-refractivity contribution in [1.29, 1.82) is 0 Å². The largest absolute Gasteiger partial charge is 0.493 e. The second-order valence-corrected chi connectivity index (χ2v) is 8.16. The van der Waals surface area contributed by atoms with E-state index in [9.17, 15) is 14.4 Å². The van der Waals surface area contributed by atoms with E-state index in [1.165, 1.54) is 24.8 Å². The quantitative estimate of drug-likeness (QED) is 0.603. The molecule has 2 aromatic rings. The van der Waals surface area contributed by atoms with Crippen LogP contribution in [0.4, 0.5) is 0 Å². The molecular formula is C24H28ClN3O5. The molecule has 0 saturated carbocycles. The van der Waals surface area contributed by atoms with Crippen LogP contribution >= 0.6 is 11.6 Å². The first-order chi connectivity index (χ1) is 15.9. The van der Waals surface area contributed by atoms with Gasteiger partial charge in [-0.05, 0) is 30.5 Å². The number of ether oxygens (including phenoxy) is 2. The standard InChI is InChI=1S/C24H28ClN3O5/c1-32-20-15-18(14-19(25)23(20)33-16-21(26)29)24(31)28-12-10-27(11-13-28)22(30)9-5-8-17-6-3-2-4-7-17/h2-4,6-7,14-15H,5,8-13,16H2,1H3,(H2,26,29). The van der Waals surface area contributed by atoms with Crippen LogP contribution in [0.25, 0.3) is 0 Å². The van der Waals surface area contributed by atoms with Crippen molar-refractivity contribution in [3.8, 4) is 11.5 Å². The third-order valence-electron chi connectivity index (χ3n) is 5.45. The SMILES string of the molecule is COc1cc(C(=O)N2CCN(C(=O)CCCc3ccccc3)CC2)cc(Cl)c1OCC(N)=O. The van der Waals surface area contributed by atoms with Crippen LogP contribution in [-0.2, 0) is 16.0 Å². The summed E-state index contributed by atoms with van der Waals surface area (Å²) in [6.07, 6.45) is 2.15. The highest BCUT2D eigenvalue weighted by Gasteiger charge is 2.26. The van der Waals surface area contributed by atoms with Crippen molar-refractivity contribution < 1.29 is 23.9 Å². The number of benzene rings is 2. The molecule has 9 heteroatoms. The monoisotopic (exact) mass is 473 g/mol. The fraction of sp³-hybridized carbons (Fsp3) is 0.375. The van der Waals surface area contributed by atoms with Crippen LogP contribution in [-0.4, -0.2) is 67.4 Å². The number of hydrogen-bond acceptors (Lipinski definition) is 5. The van der Waals surface area contributed by atoms with Crippen LogP contribution in [0.15, 0.2) is 42.5 Å². The second kappa shape index (κ2) is 11.6. The number of nitrogens with zero attached hydrogens (tertiary/aromatic N) is 2. The Hall–Kier alpha value is -3.26. The van der Waals surface area contributed by atoms with Crippen molar-refractivity contribution in [3.05, 3.63) is 58.6 Å². The number of carbonyl (C=O) groups excluding carboxylic acids is 3. The molecule has 3 amide bonds. The number of primary amides is 1. The number of halogens is 1. The Bertz CT molecular complexity index is 991. The number of methoxy groups -OCH3 is 1. The van der Waals surface area contributed by atoms with Gasteiger partial charge in [-0.1, -0.05) is 41.9 Å². The Labute approximate surface area is 198 Å². The minimum Gasteiger partial charge on any atom is -0.493 e. The molecule has 1 aliphatic rings. The predicted octanol–water partition coefficient (Wildman–Crippen LogP) is 2.52. The molecule has 3 rings (SSSR count). The van der Waals surface area contributed by atoms with Gasteiger partial charge >= 0.3 is 0 Å². The minimum atomic E-state index is -0.652. The summed E-state index contributed by atoms with van der Waals surface area (Å²) in [5, 5.41) is 0.145. The summed E-state index contributed by atoms with van der Waals surface area (Å²) >= 11 is 6.26. The third kappa shape index (κ3) is 6.61. The van der Waals surface area contributed by atoms with Crippen molar-refractivity contribution in [3.63, 3.8) is 0 Å². The third-order valence-corrected chi connectivity index (χ3v) is 5.73. The van der Waals surface area contributed by atoms with Crippen molar-refractivity contribution >= 4 is 29.3 Å². The molecule has 0 spiro atoms. The van der Waals surface area contributed by atoms with Gasteiger partial charge in [0.2, 0.25) is 5.91 Å². The summed E-state index contributed by atoms with van der Waals surface area (Å²) in [5.41, 5.74) is 6.67. The summed E-state index contributed by atoms with van der Waals surface area (Å²) < 4.78 is 10.6. The molecule has 0 aromatic heterocycles. The van der Waals surface area contributed by atoms with Crippen LogP contribution in [0.2, 0.25) is 5.02 Å². The number of amides is 3. The molecule has 176 valence electrons. The first-order valence-corrected chi connectivity index (χ1v) is 11.2. The zero-order valence-corrected chi connectivity index (χ0v) is 19.3. The molecule has 1 aliphatic heterocycles. The minimum absolute atomic E-state index is 0.110. The van der Waals surface area contributed by atoms with E-state index in [4.69, 9.17) is 26.8 Å². The molecule has 0 radical (unpaired) electrons. The van der Waals surface area contributed by atoms with E-state index in [2.05, 4.69) is 12.1 Å². The van der Waals surface area contributed by atoms with E-state index in [1.807, 2.05) is 23.1 Å². The van der Waals surface area contributed by atoms with E-state index in [0.29, 0.717) is 38.2 Å². The summed E-state index contributed by atoms with van der Waals surface area (Å²) in [4.78, 5) is 40.0. The second-order valence-electron chi connectivity index (χ2n) is 7.76. The Morgan fingerprint density at radius 3 is 2.33 bits per heavy atom. The first-order valence-electron chi connectivity index (χ1n) is 10.8. The zero-order chi connectivity index (χ0) is 23.8. The maximum Gasteiger partial charge on any atom is 0.255 e. The number of carbonyl (C=O) groups is 3. The van der Waals surface area contributed by atoms with Gasteiger partial charge < -0.3 is 25.0 Å². The fourth-order valence-electron chi connectivity index (χ4n) is 3.71. The highest BCUT2D eigenvalue weighted by molar-refractivity contribution is 6.32. The molecule has 1 heterocycles. The topological polar surface area (TPSA) is 102 Å². The lowest BCUT2D eigenvalue weighted by atomic mass is 10.1. The Kier molecular flexibility index (Phi) is 8.54. The van der Waals surface area contributed by atoms with Crippen LogP contribution < -0.4 is 15.2 Å². The lowest BCUT2D eigenvalue weighted by Crippen LogP contribution is -2.50. The maximum atomic E-state index is 13.0. The highest BCUT2D eigenvalue weighted by Crippen LogP contribution is 2.36. The average molecular weight is 474 g/mol. The lowest BCUT2D eigenvalue weighted by Gasteiger charge is -2.35. The molecule has 1 saturated heterocycles. The van der Waals surface area contributed by atoms with E-state index in [-0.39, 0.29) is 34.9 Å². The van der Waals surface area contributed by atoms with Gasteiger partial charge in [-0.2, -0.15) is 0 Å². The van der Waals surface area contributed by atoms with Gasteiger partial charge in [-0.25, -0.2) is 0 Å². The van der Waals surface area contributed by atoms with Crippen molar-refractivity contribution in [1.82, 2.24) is 9.80 Å². The van der Waals surface area contributed by atoms with E-state index in [1.54, 1.807) is 4.90 Å². The van der Waals surface area contributed by atoms with Gasteiger partial charge in [0.05, 0.1) is 12.1 Å². The number of nitrogens with two attached hydrogens (primary N) is 1. The maximum absolute atomic E-state index is 13.0. The highest BCUT2D eigenvalue weighted by atomic mass is 35.5. The molecule has 0 unspecified atom stereocenters. The molecular weight excluding hydrogens is 446 g/mol. The molecule has 2 N–H and O–H groups in total. The van der Waals surface area contributed by atoms with Gasteiger partial charge in [-0.15, -0.1) is 0 Å². The Balaban J connectivity index is 1.53. The molecule has 0 atom stereocenters. The van der Waals surface area contributed by atoms with Crippen LogP contribution in [0, 0.1) is 0 Å². The Morgan fingerprint density at radius 2 is 1.70 bits per heavy atom. The number of piperazine rings is 1. The molecule has 0 bridgehead atoms. The zero-order valence-electron chi connectivity index (χ0n) is 18.6. The lowest BCUT2D eigenvalue weighted by molar-refractivity contribution is -0.132. The number of hydrogen-bond donors (Lipinski definition) is 1. The summed E-state index contributed by atoms with van der Waals surface area (Å²) in [6.45, 7) is 1.48. The number of rotatable bonds is 9. The van der Waals surface area contributed by atoms with Gasteiger partial charge in [0, 0.05) is 38.2 Å². The normalized spacial score (nSPS) is 13.5. The van der Waals surface area contributed by atoms with Gasteiger partial charge in [0.1, 0.15) is 0 Å². The molecule has 0 aliphatic carbocycles. The molecule has 2 aromatic carbocycles. The van der Waals surface area contributed by atoms with E-state index < -0.39 is 5.91 Å². The van der Waals surface area contributed by atoms with Crippen LogP contribution in [0.5, 0.6) is 11.5 Å². The summed E-state index contributed by atoms with van der Waals surface area (Å²) in [6, 6.07) is 13.1. The molecule has 1 fully saturated rings. The van der Waals surface area contributed by atoms with Gasteiger partial charge in [-0.3, -0.25) is 14.4 Å². The number of aryl methyl sites for hydroxylation is 1. The van der Waals surface area contributed by atoms with Crippen molar-refractivity contribution in [2.24, 2.45) is 5.73 Å². The van der Waals surface area contributed by atoms with Gasteiger partial charge in [0.15, 0.2) is 18.1 Å². The summed E-state index contributed by atoms with van der Waals surface area (Å²) in [5.74, 6) is -0.368. The van der Waals surface area contributed by atoms with Crippen molar-refractivity contribution in [2.75, 3.05) is 39.9 Å². The van der Waals surface area contributed by atoms with Gasteiger partial charge in [0.25, 0.3) is 11.8 Å². The molecule has 33 heavy (non-hydrogen) atoms.